The zero-order chi connectivity index (χ0) is 18.7. The number of H-pyrrole nitrogens is 1. The quantitative estimate of drug-likeness (QED) is 0.803. The van der Waals surface area contributed by atoms with E-state index < -0.39 is 15.9 Å². The second-order valence-corrected chi connectivity index (χ2v) is 8.14. The molecule has 2 N–H and O–H groups in total. The molecule has 0 spiro atoms. The third kappa shape index (κ3) is 4.02. The molecule has 26 heavy (non-hydrogen) atoms. The predicted molar refractivity (Wildman–Crippen MR) is 96.1 cm³/mol. The van der Waals surface area contributed by atoms with Crippen molar-refractivity contribution in [2.24, 2.45) is 5.92 Å². The van der Waals surface area contributed by atoms with Crippen LogP contribution >= 0.6 is 0 Å². The molecule has 140 valence electrons. The van der Waals surface area contributed by atoms with Crippen molar-refractivity contribution in [1.82, 2.24) is 19.5 Å². The molecule has 1 aromatic heterocycles. The van der Waals surface area contributed by atoms with Crippen LogP contribution in [0.1, 0.15) is 12.8 Å². The van der Waals surface area contributed by atoms with Crippen molar-refractivity contribution in [2.45, 2.75) is 12.8 Å². The molecular formula is C16H21N5O4S. The van der Waals surface area contributed by atoms with Crippen molar-refractivity contribution in [3.8, 4) is 17.1 Å². The molecule has 3 rings (SSSR count). The number of benzene rings is 1. The summed E-state index contributed by atoms with van der Waals surface area (Å²) in [6.07, 6.45) is 2.43. The highest BCUT2D eigenvalue weighted by Gasteiger charge is 2.30. The molecule has 0 bridgehead atoms. The maximum atomic E-state index is 12.5. The van der Waals surface area contributed by atoms with Gasteiger partial charge in [0.25, 0.3) is 0 Å². The minimum atomic E-state index is -3.30. The van der Waals surface area contributed by atoms with E-state index in [9.17, 15) is 13.2 Å². The highest BCUT2D eigenvalue weighted by atomic mass is 32.2. The zero-order valence-electron chi connectivity index (χ0n) is 14.6. The predicted octanol–water partition coefficient (Wildman–Crippen LogP) is 1.09. The SMILES string of the molecule is COc1ccccc1-c1nc(NC(=O)[C@H]2CCCN(S(C)(=O)=O)C2)n[nH]1. The van der Waals surface area contributed by atoms with E-state index in [0.29, 0.717) is 31.0 Å². The van der Waals surface area contributed by atoms with Crippen molar-refractivity contribution >= 4 is 21.9 Å². The number of sulfonamides is 1. The number of nitrogens with one attached hydrogen (secondary N) is 2. The molecule has 1 aromatic carbocycles. The summed E-state index contributed by atoms with van der Waals surface area (Å²) in [5.74, 6) is 0.541. The van der Waals surface area contributed by atoms with Gasteiger partial charge in [-0.05, 0) is 25.0 Å². The number of hydrogen-bond donors (Lipinski definition) is 2. The van der Waals surface area contributed by atoms with E-state index in [1.54, 1.807) is 13.2 Å². The highest BCUT2D eigenvalue weighted by Crippen LogP contribution is 2.27. The van der Waals surface area contributed by atoms with Crippen molar-refractivity contribution in [1.29, 1.82) is 0 Å². The molecule has 0 unspecified atom stereocenters. The number of nitrogens with zero attached hydrogens (tertiary/aromatic N) is 3. The van der Waals surface area contributed by atoms with Crippen LogP contribution in [0.15, 0.2) is 24.3 Å². The normalized spacial score (nSPS) is 18.5. The lowest BCUT2D eigenvalue weighted by Gasteiger charge is -2.29. The molecule has 0 aliphatic carbocycles. The molecule has 10 heteroatoms. The highest BCUT2D eigenvalue weighted by molar-refractivity contribution is 7.88. The number of amides is 1. The summed E-state index contributed by atoms with van der Waals surface area (Å²) in [4.78, 5) is 16.7. The van der Waals surface area contributed by atoms with Crippen molar-refractivity contribution in [2.75, 3.05) is 31.8 Å². The first-order chi connectivity index (χ1) is 12.4. The fraction of sp³-hybridized carbons (Fsp3) is 0.438. The Balaban J connectivity index is 1.70. The van der Waals surface area contributed by atoms with Crippen LogP contribution in [0.25, 0.3) is 11.4 Å². The first-order valence-electron chi connectivity index (χ1n) is 8.20. The first-order valence-corrected chi connectivity index (χ1v) is 10.0. The number of rotatable bonds is 5. The fourth-order valence-electron chi connectivity index (χ4n) is 2.95. The summed E-state index contributed by atoms with van der Waals surface area (Å²) < 4.78 is 30.0. The third-order valence-electron chi connectivity index (χ3n) is 4.31. The molecule has 1 amide bonds. The average Bonchev–Trinajstić information content (AvgIpc) is 3.09. The minimum absolute atomic E-state index is 0.146. The molecule has 1 aliphatic heterocycles. The maximum absolute atomic E-state index is 12.5. The zero-order valence-corrected chi connectivity index (χ0v) is 15.4. The number of aromatic nitrogens is 3. The summed E-state index contributed by atoms with van der Waals surface area (Å²) in [5, 5.41) is 9.45. The molecule has 1 saturated heterocycles. The topological polar surface area (TPSA) is 117 Å². The van der Waals surface area contributed by atoms with E-state index in [4.69, 9.17) is 4.74 Å². The van der Waals surface area contributed by atoms with Gasteiger partial charge in [-0.2, -0.15) is 4.98 Å². The number of para-hydroxylation sites is 1. The Bertz CT molecular complexity index is 896. The number of ether oxygens (including phenoxy) is 1. The Labute approximate surface area is 151 Å². The number of hydrogen-bond acceptors (Lipinski definition) is 6. The number of carbonyl (C=O) groups excluding carboxylic acids is 1. The Hall–Kier alpha value is -2.46. The van der Waals surface area contributed by atoms with E-state index in [2.05, 4.69) is 20.5 Å². The maximum Gasteiger partial charge on any atom is 0.249 e. The van der Waals surface area contributed by atoms with Gasteiger partial charge in [0.1, 0.15) is 5.75 Å². The van der Waals surface area contributed by atoms with E-state index in [-0.39, 0.29) is 18.4 Å². The first kappa shape index (κ1) is 18.3. The summed E-state index contributed by atoms with van der Waals surface area (Å²) in [7, 11) is -1.74. The molecule has 9 nitrogen and oxygen atoms in total. The van der Waals surface area contributed by atoms with E-state index in [1.165, 1.54) is 4.31 Å². The van der Waals surface area contributed by atoms with Crippen LogP contribution in [0.2, 0.25) is 0 Å². The Morgan fingerprint density at radius 1 is 1.38 bits per heavy atom. The van der Waals surface area contributed by atoms with Crippen molar-refractivity contribution in [3.05, 3.63) is 24.3 Å². The standard InChI is InChI=1S/C16H21N5O4S/c1-25-13-8-4-3-7-12(13)14-17-16(20-19-14)18-15(22)11-6-5-9-21(10-11)26(2,23)24/h3-4,7-8,11H,5-6,9-10H2,1-2H3,(H2,17,18,19,20,22)/t11-/m0/s1. The molecule has 0 saturated carbocycles. The molecule has 0 radical (unpaired) electrons. The van der Waals surface area contributed by atoms with E-state index in [1.807, 2.05) is 18.2 Å². The Morgan fingerprint density at radius 2 is 2.15 bits per heavy atom. The van der Waals surface area contributed by atoms with Gasteiger partial charge in [0.2, 0.25) is 21.9 Å². The number of piperidine rings is 1. The van der Waals surface area contributed by atoms with Gasteiger partial charge in [0.15, 0.2) is 5.82 Å². The summed E-state index contributed by atoms with van der Waals surface area (Å²) >= 11 is 0. The average molecular weight is 379 g/mol. The van der Waals surface area contributed by atoms with Crippen molar-refractivity contribution < 1.29 is 17.9 Å². The molecule has 1 aliphatic rings. The second kappa shape index (κ2) is 7.42. The van der Waals surface area contributed by atoms with Gasteiger partial charge < -0.3 is 4.74 Å². The van der Waals surface area contributed by atoms with Crippen LogP contribution in [0, 0.1) is 5.92 Å². The van der Waals surface area contributed by atoms with Crippen molar-refractivity contribution in [3.63, 3.8) is 0 Å². The third-order valence-corrected chi connectivity index (χ3v) is 5.58. The van der Waals surface area contributed by atoms with Crippen LogP contribution in [0.4, 0.5) is 5.95 Å². The van der Waals surface area contributed by atoms with Crippen LogP contribution in [-0.4, -0.2) is 60.3 Å². The largest absolute Gasteiger partial charge is 0.496 e. The lowest BCUT2D eigenvalue weighted by atomic mass is 9.99. The smallest absolute Gasteiger partial charge is 0.249 e. The van der Waals surface area contributed by atoms with E-state index >= 15 is 0 Å². The number of carbonyl (C=O) groups is 1. The monoisotopic (exact) mass is 379 g/mol. The second-order valence-electron chi connectivity index (χ2n) is 6.16. The summed E-state index contributed by atoms with van der Waals surface area (Å²) in [6, 6.07) is 7.33. The Morgan fingerprint density at radius 3 is 2.88 bits per heavy atom. The van der Waals surface area contributed by atoms with Crippen LogP contribution in [0.3, 0.4) is 0 Å². The van der Waals surface area contributed by atoms with E-state index in [0.717, 1.165) is 11.8 Å². The Kier molecular flexibility index (Phi) is 5.23. The lowest BCUT2D eigenvalue weighted by Crippen LogP contribution is -2.43. The molecule has 1 atom stereocenters. The number of aromatic amines is 1. The van der Waals surface area contributed by atoms with Gasteiger partial charge >= 0.3 is 0 Å². The molecule has 2 aromatic rings. The minimum Gasteiger partial charge on any atom is -0.496 e. The van der Waals surface area contributed by atoms with Gasteiger partial charge in [0, 0.05) is 13.1 Å². The summed E-state index contributed by atoms with van der Waals surface area (Å²) in [5.41, 5.74) is 0.726. The number of methoxy groups -OCH3 is 1. The summed E-state index contributed by atoms with van der Waals surface area (Å²) in [6.45, 7) is 0.621. The van der Waals surface area contributed by atoms with Crippen LogP contribution in [-0.2, 0) is 14.8 Å². The van der Waals surface area contributed by atoms with Crippen LogP contribution < -0.4 is 10.1 Å². The van der Waals surface area contributed by atoms with Gasteiger partial charge in [0.05, 0.1) is 24.8 Å². The lowest BCUT2D eigenvalue weighted by molar-refractivity contribution is -0.120. The molecular weight excluding hydrogens is 358 g/mol. The van der Waals surface area contributed by atoms with Gasteiger partial charge in [-0.1, -0.05) is 12.1 Å². The number of anilines is 1. The van der Waals surface area contributed by atoms with Crippen LogP contribution in [0.5, 0.6) is 5.75 Å². The molecule has 2 heterocycles. The fourth-order valence-corrected chi connectivity index (χ4v) is 3.86. The van der Waals surface area contributed by atoms with Gasteiger partial charge in [-0.3, -0.25) is 15.2 Å². The molecule has 1 fully saturated rings. The van der Waals surface area contributed by atoms with Gasteiger partial charge in [-0.15, -0.1) is 5.10 Å². The van der Waals surface area contributed by atoms with Gasteiger partial charge in [-0.25, -0.2) is 12.7 Å².